The summed E-state index contributed by atoms with van der Waals surface area (Å²) in [6.07, 6.45) is 1.74. The molecule has 1 aromatic heterocycles. The Morgan fingerprint density at radius 3 is 2.75 bits per heavy atom. The molecule has 0 saturated carbocycles. The minimum Gasteiger partial charge on any atom is -0.306 e. The highest BCUT2D eigenvalue weighted by Gasteiger charge is 2.32. The number of hydrogen-bond donors (Lipinski definition) is 1. The summed E-state index contributed by atoms with van der Waals surface area (Å²) in [5.74, 6) is -1.53. The Balaban J connectivity index is 1.58. The maximum atomic E-state index is 14.2. The largest absolute Gasteiger partial charge is 0.306 e. The molecule has 1 N–H and O–H groups in total. The second kappa shape index (κ2) is 7.69. The standard InChI is InChI=1S/C20H16F2N4O2/c21-15-8-4-7-14(19(15)22)16-9-10-28-26(16)18-11-17(23-12-24-18)25-20(27)13-5-2-1-3-6-13/h1-8,11-12,16H,9-10H2,(H,23,24,25,27)/t16-/m1/s1. The van der Waals surface area contributed by atoms with Crippen LogP contribution < -0.4 is 10.4 Å². The summed E-state index contributed by atoms with van der Waals surface area (Å²) in [7, 11) is 0. The van der Waals surface area contributed by atoms with Crippen LogP contribution in [0.25, 0.3) is 0 Å². The molecule has 4 rings (SSSR count). The average molecular weight is 382 g/mol. The van der Waals surface area contributed by atoms with Gasteiger partial charge in [0.1, 0.15) is 12.1 Å². The number of benzene rings is 2. The van der Waals surface area contributed by atoms with Crippen LogP contribution in [0.5, 0.6) is 0 Å². The molecule has 1 fully saturated rings. The lowest BCUT2D eigenvalue weighted by Crippen LogP contribution is -2.24. The van der Waals surface area contributed by atoms with Crippen LogP contribution in [-0.2, 0) is 4.84 Å². The average Bonchev–Trinajstić information content (AvgIpc) is 3.20. The van der Waals surface area contributed by atoms with E-state index in [1.165, 1.54) is 29.6 Å². The second-order valence-electron chi connectivity index (χ2n) is 6.19. The number of nitrogens with one attached hydrogen (secondary N) is 1. The van der Waals surface area contributed by atoms with Crippen molar-refractivity contribution in [3.05, 3.63) is 83.7 Å². The zero-order valence-corrected chi connectivity index (χ0v) is 14.7. The van der Waals surface area contributed by atoms with E-state index in [4.69, 9.17) is 4.84 Å². The molecule has 0 unspecified atom stereocenters. The number of hydroxylamine groups is 1. The number of aromatic nitrogens is 2. The highest BCUT2D eigenvalue weighted by Crippen LogP contribution is 2.36. The summed E-state index contributed by atoms with van der Waals surface area (Å²) in [6, 6.07) is 13.7. The molecule has 0 aliphatic carbocycles. The summed E-state index contributed by atoms with van der Waals surface area (Å²) in [6.45, 7) is 0.330. The van der Waals surface area contributed by atoms with E-state index in [0.717, 1.165) is 6.07 Å². The number of rotatable bonds is 4. The molecule has 1 amide bonds. The van der Waals surface area contributed by atoms with Gasteiger partial charge >= 0.3 is 0 Å². The van der Waals surface area contributed by atoms with Crippen LogP contribution >= 0.6 is 0 Å². The van der Waals surface area contributed by atoms with Crippen molar-refractivity contribution in [1.82, 2.24) is 9.97 Å². The van der Waals surface area contributed by atoms with E-state index in [0.29, 0.717) is 24.4 Å². The fraction of sp³-hybridized carbons (Fsp3) is 0.150. The Morgan fingerprint density at radius 1 is 1.11 bits per heavy atom. The van der Waals surface area contributed by atoms with Gasteiger partial charge in [-0.2, -0.15) is 0 Å². The van der Waals surface area contributed by atoms with Gasteiger partial charge in [-0.05, 0) is 18.2 Å². The highest BCUT2D eigenvalue weighted by molar-refractivity contribution is 6.03. The quantitative estimate of drug-likeness (QED) is 0.742. The lowest BCUT2D eigenvalue weighted by molar-refractivity contribution is 0.102. The number of carbonyl (C=O) groups is 1. The van der Waals surface area contributed by atoms with Crippen molar-refractivity contribution in [3.8, 4) is 0 Å². The predicted molar refractivity (Wildman–Crippen MR) is 98.6 cm³/mol. The maximum Gasteiger partial charge on any atom is 0.256 e. The van der Waals surface area contributed by atoms with Crippen molar-refractivity contribution in [2.75, 3.05) is 17.0 Å². The summed E-state index contributed by atoms with van der Waals surface area (Å²) in [5, 5.41) is 4.11. The van der Waals surface area contributed by atoms with Crippen LogP contribution in [0.3, 0.4) is 0 Å². The maximum absolute atomic E-state index is 14.2. The molecule has 1 aliphatic heterocycles. The van der Waals surface area contributed by atoms with Crippen LogP contribution in [-0.4, -0.2) is 22.5 Å². The number of carbonyl (C=O) groups excluding carboxylic acids is 1. The minimum absolute atomic E-state index is 0.186. The van der Waals surface area contributed by atoms with Gasteiger partial charge in [0.05, 0.1) is 12.6 Å². The monoisotopic (exact) mass is 382 g/mol. The molecule has 0 radical (unpaired) electrons. The molecular weight excluding hydrogens is 366 g/mol. The van der Waals surface area contributed by atoms with Gasteiger partial charge < -0.3 is 5.32 Å². The SMILES string of the molecule is O=C(Nc1cc(N2OCC[C@@H]2c2cccc(F)c2F)ncn1)c1ccccc1. The first kappa shape index (κ1) is 18.0. The van der Waals surface area contributed by atoms with Crippen molar-refractivity contribution >= 4 is 17.5 Å². The molecule has 0 bridgehead atoms. The van der Waals surface area contributed by atoms with E-state index >= 15 is 0 Å². The topological polar surface area (TPSA) is 67.4 Å². The molecule has 1 atom stereocenters. The van der Waals surface area contributed by atoms with Gasteiger partial charge in [-0.1, -0.05) is 30.3 Å². The predicted octanol–water partition coefficient (Wildman–Crippen LogP) is 3.89. The van der Waals surface area contributed by atoms with E-state index in [9.17, 15) is 13.6 Å². The van der Waals surface area contributed by atoms with Gasteiger partial charge in [0.25, 0.3) is 5.91 Å². The molecular formula is C20H16F2N4O2. The van der Waals surface area contributed by atoms with Crippen molar-refractivity contribution < 1.29 is 18.4 Å². The Hall–Kier alpha value is -3.39. The van der Waals surface area contributed by atoms with Crippen LogP contribution in [0, 0.1) is 11.6 Å². The fourth-order valence-electron chi connectivity index (χ4n) is 3.07. The molecule has 8 heteroatoms. The van der Waals surface area contributed by atoms with E-state index in [-0.39, 0.29) is 17.3 Å². The first-order valence-electron chi connectivity index (χ1n) is 8.68. The Morgan fingerprint density at radius 2 is 1.93 bits per heavy atom. The first-order chi connectivity index (χ1) is 13.6. The van der Waals surface area contributed by atoms with Gasteiger partial charge in [0, 0.05) is 23.6 Å². The van der Waals surface area contributed by atoms with Gasteiger partial charge in [-0.25, -0.2) is 23.8 Å². The molecule has 28 heavy (non-hydrogen) atoms. The van der Waals surface area contributed by atoms with Crippen LogP contribution in [0.1, 0.15) is 28.4 Å². The Bertz CT molecular complexity index is 1000. The molecule has 1 saturated heterocycles. The third-order valence-corrected chi connectivity index (χ3v) is 4.40. The molecule has 2 aromatic carbocycles. The van der Waals surface area contributed by atoms with Gasteiger partial charge in [0.15, 0.2) is 17.5 Å². The highest BCUT2D eigenvalue weighted by atomic mass is 19.2. The van der Waals surface area contributed by atoms with Crippen LogP contribution in [0.15, 0.2) is 60.9 Å². The minimum atomic E-state index is -0.914. The zero-order chi connectivity index (χ0) is 19.5. The molecule has 3 aromatic rings. The van der Waals surface area contributed by atoms with E-state index in [1.54, 1.807) is 24.3 Å². The second-order valence-corrected chi connectivity index (χ2v) is 6.19. The lowest BCUT2D eigenvalue weighted by atomic mass is 10.0. The summed E-state index contributed by atoms with van der Waals surface area (Å²) >= 11 is 0. The number of hydrogen-bond acceptors (Lipinski definition) is 5. The van der Waals surface area contributed by atoms with Crippen molar-refractivity contribution in [2.24, 2.45) is 0 Å². The van der Waals surface area contributed by atoms with Gasteiger partial charge in [0.2, 0.25) is 0 Å². The summed E-state index contributed by atoms with van der Waals surface area (Å²) in [5.41, 5.74) is 0.672. The van der Waals surface area contributed by atoms with Crippen molar-refractivity contribution in [1.29, 1.82) is 0 Å². The molecule has 142 valence electrons. The number of amides is 1. The van der Waals surface area contributed by atoms with Gasteiger partial charge in [-0.15, -0.1) is 0 Å². The zero-order valence-electron chi connectivity index (χ0n) is 14.7. The van der Waals surface area contributed by atoms with E-state index < -0.39 is 17.7 Å². The van der Waals surface area contributed by atoms with Crippen molar-refractivity contribution in [3.63, 3.8) is 0 Å². The van der Waals surface area contributed by atoms with E-state index in [2.05, 4.69) is 15.3 Å². The first-order valence-corrected chi connectivity index (χ1v) is 8.68. The molecule has 1 aliphatic rings. The fourth-order valence-corrected chi connectivity index (χ4v) is 3.07. The van der Waals surface area contributed by atoms with E-state index in [1.807, 2.05) is 6.07 Å². The third kappa shape index (κ3) is 3.54. The molecule has 0 spiro atoms. The normalized spacial score (nSPS) is 16.2. The van der Waals surface area contributed by atoms with Crippen LogP contribution in [0.4, 0.5) is 20.4 Å². The van der Waals surface area contributed by atoms with Crippen molar-refractivity contribution in [2.45, 2.75) is 12.5 Å². The Kier molecular flexibility index (Phi) is 4.94. The smallest absolute Gasteiger partial charge is 0.256 e. The van der Waals surface area contributed by atoms with Crippen LogP contribution in [0.2, 0.25) is 0 Å². The number of anilines is 2. The number of halogens is 2. The lowest BCUT2D eigenvalue weighted by Gasteiger charge is -2.24. The Labute approximate surface area is 159 Å². The summed E-state index contributed by atoms with van der Waals surface area (Å²) < 4.78 is 27.9. The molecule has 6 nitrogen and oxygen atoms in total. The summed E-state index contributed by atoms with van der Waals surface area (Å²) in [4.78, 5) is 26.1. The van der Waals surface area contributed by atoms with Gasteiger partial charge in [-0.3, -0.25) is 9.63 Å². The third-order valence-electron chi connectivity index (χ3n) is 4.40. The number of nitrogens with zero attached hydrogens (tertiary/aromatic N) is 3. The molecule has 2 heterocycles.